The quantitative estimate of drug-likeness (QED) is 0.0335. The Labute approximate surface area is 563 Å². The summed E-state index contributed by atoms with van der Waals surface area (Å²) in [4.78, 5) is 53.4. The summed E-state index contributed by atoms with van der Waals surface area (Å²) >= 11 is 8.73. The van der Waals surface area contributed by atoms with Crippen LogP contribution in [-0.2, 0) is 33.8 Å². The summed E-state index contributed by atoms with van der Waals surface area (Å²) in [5, 5.41) is 5.60. The van der Waals surface area contributed by atoms with Crippen molar-refractivity contribution in [3.8, 4) is 5.75 Å². The topological polar surface area (TPSA) is 110 Å². The maximum Gasteiger partial charge on any atom is 0.355 e. The molecule has 1 fully saturated rings. The van der Waals surface area contributed by atoms with Crippen LogP contribution in [0.4, 0.5) is 4.39 Å². The zero-order valence-corrected chi connectivity index (χ0v) is 63.3. The first kappa shape index (κ1) is 87.6. The lowest BCUT2D eigenvalue weighted by Gasteiger charge is -2.29. The van der Waals surface area contributed by atoms with Crippen LogP contribution in [0.3, 0.4) is 0 Å². The highest BCUT2D eigenvalue weighted by atomic mass is 35.5. The molecule has 91 heavy (non-hydrogen) atoms. The SMILES string of the molecule is C/C=C(/C)C(=C(C)C)c1c(Cl)ccc2c(CCCOc3cccc4cc(F)ccc34)c(C(=O)OC(C)(C)C)n(CCC)c12.CC.CC.CC.CC.CCC.CCCC(CCC)CN(CCC)CCC.CSC.Cc1ccc2c(c1)CN(C1CCC(=O)NC1=O)C2=O. The molecule has 13 heteroatoms. The molecule has 4 aromatic carbocycles. The molecule has 1 unspecified atom stereocenters. The van der Waals surface area contributed by atoms with E-state index in [0.29, 0.717) is 61.0 Å². The Morgan fingerprint density at radius 1 is 0.813 bits per heavy atom. The van der Waals surface area contributed by atoms with Crippen LogP contribution in [-0.4, -0.2) is 88.5 Å². The number of benzene rings is 4. The molecule has 0 bridgehead atoms. The first-order chi connectivity index (χ1) is 43.5. The third kappa shape index (κ3) is 28.8. The Balaban J connectivity index is 0. The molecule has 0 aliphatic carbocycles. The van der Waals surface area contributed by atoms with Crippen LogP contribution in [0.2, 0.25) is 5.02 Å². The minimum Gasteiger partial charge on any atom is -0.493 e. The molecular formula is C78H126ClFN4O6S. The summed E-state index contributed by atoms with van der Waals surface area (Å²) in [6, 6.07) is 19.5. The molecule has 2 aliphatic heterocycles. The van der Waals surface area contributed by atoms with Gasteiger partial charge in [0.05, 0.1) is 17.1 Å². The van der Waals surface area contributed by atoms with Crippen molar-refractivity contribution in [2.75, 3.05) is 38.8 Å². The standard InChI is InChI=1S/C37H43ClFNO3.C14H14N2O3.C14H31N.C3H8.C2H6S.4C2H6/c1-9-20-40-34-29(18-19-30(38)33(34)32(23(3)4)24(5)10-2)28(35(40)36(41)43-37(6,7)8)14-12-21-42-31-15-11-13-25-22-26(39)16-17-27(25)31;1-8-2-3-10-9(6-8)7-16(14(10)19)11-4-5-12(17)15-13(11)18;1-5-9-14(10-6-2)13-15(11-7-3)12-8-4;2*1-3-2;4*1-2/h10-11,13,15-19,22H,9,12,14,20-21H2,1-8H3;2-3,6,11H,4-5,7H2,1H3,(H,15,17,18);14H,5-13H2,1-4H3;3H2,1-2H3;1-2H3;4*1-2H3/b24-10-;;;;;;;;. The van der Waals surface area contributed by atoms with Gasteiger partial charge >= 0.3 is 5.97 Å². The number of piperidine rings is 1. The number of nitrogens with one attached hydrogen (secondary N) is 1. The number of allylic oxidation sites excluding steroid dienone is 4. The summed E-state index contributed by atoms with van der Waals surface area (Å²) in [5.74, 6) is 0.288. The van der Waals surface area contributed by atoms with Crippen LogP contribution >= 0.6 is 23.4 Å². The first-order valence-electron chi connectivity index (χ1n) is 34.6. The summed E-state index contributed by atoms with van der Waals surface area (Å²) in [5.41, 5.74) is 8.84. The van der Waals surface area contributed by atoms with Gasteiger partial charge in [-0.15, -0.1) is 0 Å². The Morgan fingerprint density at radius 2 is 1.40 bits per heavy atom. The van der Waals surface area contributed by atoms with Crippen molar-refractivity contribution in [3.05, 3.63) is 128 Å². The normalized spacial score (nSPS) is 13.0. The number of rotatable bonds is 21. The van der Waals surface area contributed by atoms with E-state index in [0.717, 1.165) is 73.0 Å². The van der Waals surface area contributed by atoms with E-state index in [2.05, 4.69) is 90.1 Å². The van der Waals surface area contributed by atoms with Crippen molar-refractivity contribution in [1.29, 1.82) is 0 Å². The monoisotopic (exact) mass is 1300 g/mol. The zero-order chi connectivity index (χ0) is 70.0. The third-order valence-corrected chi connectivity index (χ3v) is 14.5. The molecule has 0 radical (unpaired) electrons. The molecule has 5 aromatic rings. The van der Waals surface area contributed by atoms with Crippen LogP contribution in [0, 0.1) is 18.7 Å². The molecule has 1 aromatic heterocycles. The fourth-order valence-corrected chi connectivity index (χ4v) is 11.1. The van der Waals surface area contributed by atoms with Crippen molar-refractivity contribution in [3.63, 3.8) is 0 Å². The van der Waals surface area contributed by atoms with Gasteiger partial charge in [0.2, 0.25) is 11.8 Å². The minimum atomic E-state index is -0.647. The number of imide groups is 1. The summed E-state index contributed by atoms with van der Waals surface area (Å²) in [7, 11) is 0. The smallest absolute Gasteiger partial charge is 0.355 e. The molecule has 10 nitrogen and oxygen atoms in total. The molecule has 514 valence electrons. The molecule has 3 amide bonds. The summed E-state index contributed by atoms with van der Waals surface area (Å²) in [6.45, 7) is 53.0. The van der Waals surface area contributed by atoms with E-state index in [9.17, 15) is 23.6 Å². The number of thioether (sulfide) groups is 1. The number of carbonyl (C=O) groups excluding carboxylic acids is 4. The largest absolute Gasteiger partial charge is 0.493 e. The van der Waals surface area contributed by atoms with Crippen LogP contribution < -0.4 is 10.1 Å². The predicted molar refractivity (Wildman–Crippen MR) is 396 cm³/mol. The van der Waals surface area contributed by atoms with Crippen molar-refractivity contribution >= 4 is 74.3 Å². The number of amides is 3. The zero-order valence-electron chi connectivity index (χ0n) is 61.8. The van der Waals surface area contributed by atoms with E-state index in [4.69, 9.17) is 21.1 Å². The molecular weight excluding hydrogens is 1180 g/mol. The van der Waals surface area contributed by atoms with E-state index in [1.807, 2.05) is 145 Å². The number of aryl methyl sites for hydroxylation is 3. The fraction of sp³-hybridized carbons (Fsp3) is 0.590. The van der Waals surface area contributed by atoms with E-state index < -0.39 is 11.6 Å². The Kier molecular flexibility index (Phi) is 47.4. The number of aromatic nitrogens is 1. The molecule has 0 spiro atoms. The molecule has 3 heterocycles. The number of hydrogen-bond acceptors (Lipinski definition) is 8. The van der Waals surface area contributed by atoms with E-state index >= 15 is 0 Å². The van der Waals surface area contributed by atoms with Crippen molar-refractivity contribution in [2.24, 2.45) is 5.92 Å². The molecule has 7 rings (SSSR count). The number of ether oxygens (including phenoxy) is 2. The van der Waals surface area contributed by atoms with Gasteiger partial charge < -0.3 is 23.8 Å². The van der Waals surface area contributed by atoms with Crippen LogP contribution in [0.1, 0.15) is 266 Å². The second kappa shape index (κ2) is 49.2. The highest BCUT2D eigenvalue weighted by Gasteiger charge is 2.39. The molecule has 1 N–H and O–H groups in total. The van der Waals surface area contributed by atoms with Crippen molar-refractivity contribution in [1.82, 2.24) is 19.7 Å². The molecule has 0 saturated carbocycles. The summed E-state index contributed by atoms with van der Waals surface area (Å²) in [6.07, 6.45) is 18.3. The molecule has 1 saturated heterocycles. The average molecular weight is 1300 g/mol. The lowest BCUT2D eigenvalue weighted by atomic mass is 9.92. The maximum absolute atomic E-state index is 13.9. The number of hydrogen-bond donors (Lipinski definition) is 1. The Morgan fingerprint density at radius 3 is 1.91 bits per heavy atom. The van der Waals surface area contributed by atoms with Crippen LogP contribution in [0.15, 0.2) is 84.0 Å². The Hall–Kier alpha value is -5.43. The van der Waals surface area contributed by atoms with Crippen LogP contribution in [0.25, 0.3) is 27.2 Å². The van der Waals surface area contributed by atoms with Gasteiger partial charge in [0, 0.05) is 48.0 Å². The Bertz CT molecular complexity index is 2930. The number of nitrogens with zero attached hydrogens (tertiary/aromatic N) is 3. The highest BCUT2D eigenvalue weighted by molar-refractivity contribution is 7.97. The van der Waals surface area contributed by atoms with Gasteiger partial charge in [0.15, 0.2) is 0 Å². The van der Waals surface area contributed by atoms with Crippen LogP contribution in [0.5, 0.6) is 5.75 Å². The fourth-order valence-electron chi connectivity index (χ4n) is 10.9. The second-order valence-electron chi connectivity index (χ2n) is 23.1. The van der Waals surface area contributed by atoms with Gasteiger partial charge in [-0.05, 0) is 202 Å². The maximum atomic E-state index is 13.9. The van der Waals surface area contributed by atoms with Gasteiger partial charge in [-0.2, -0.15) is 11.8 Å². The molecule has 2 aliphatic rings. The lowest BCUT2D eigenvalue weighted by Crippen LogP contribution is -2.52. The predicted octanol–water partition coefficient (Wildman–Crippen LogP) is 22.3. The van der Waals surface area contributed by atoms with Gasteiger partial charge in [-0.3, -0.25) is 19.7 Å². The van der Waals surface area contributed by atoms with Gasteiger partial charge in [0.25, 0.3) is 5.91 Å². The minimum absolute atomic E-state index is 0.121. The number of esters is 1. The van der Waals surface area contributed by atoms with Gasteiger partial charge in [-0.25, -0.2) is 9.18 Å². The van der Waals surface area contributed by atoms with Gasteiger partial charge in [-0.1, -0.05) is 182 Å². The van der Waals surface area contributed by atoms with E-state index in [1.54, 1.807) is 28.8 Å². The van der Waals surface area contributed by atoms with Crippen molar-refractivity contribution in [2.45, 2.75) is 261 Å². The second-order valence-corrected chi connectivity index (χ2v) is 24.4. The van der Waals surface area contributed by atoms with E-state index in [-0.39, 0.29) is 35.9 Å². The van der Waals surface area contributed by atoms with E-state index in [1.165, 1.54) is 76.7 Å². The first-order valence-corrected chi connectivity index (χ1v) is 36.6. The van der Waals surface area contributed by atoms with Crippen molar-refractivity contribution < 1.29 is 33.0 Å². The number of carbonyl (C=O) groups is 4. The third-order valence-electron chi connectivity index (χ3n) is 14.2. The number of fused-ring (bicyclic) bond motifs is 3. The highest BCUT2D eigenvalue weighted by Crippen LogP contribution is 2.42. The average Bonchev–Trinajstić information content (AvgIpc) is 1.61. The summed E-state index contributed by atoms with van der Waals surface area (Å²) < 4.78 is 28.1. The lowest BCUT2D eigenvalue weighted by molar-refractivity contribution is -0.136. The number of halogens is 2. The molecule has 1 atom stereocenters. The van der Waals surface area contributed by atoms with Gasteiger partial charge in [0.1, 0.15) is 28.9 Å².